The van der Waals surface area contributed by atoms with Gasteiger partial charge in [-0.05, 0) is 37.4 Å². The summed E-state index contributed by atoms with van der Waals surface area (Å²) < 4.78 is 0. The summed E-state index contributed by atoms with van der Waals surface area (Å²) in [7, 11) is 0. The number of rotatable bonds is 4. The second-order valence-corrected chi connectivity index (χ2v) is 6.22. The second-order valence-electron chi connectivity index (χ2n) is 6.22. The Labute approximate surface area is 136 Å². The van der Waals surface area contributed by atoms with Crippen molar-refractivity contribution in [3.8, 4) is 0 Å². The van der Waals surface area contributed by atoms with Gasteiger partial charge in [0, 0.05) is 6.54 Å². The number of carbonyl (C=O) groups is 2. The van der Waals surface area contributed by atoms with Crippen molar-refractivity contribution in [2.24, 2.45) is 0 Å². The average Bonchev–Trinajstić information content (AvgIpc) is 3.06. The molecule has 0 aromatic heterocycles. The van der Waals surface area contributed by atoms with Gasteiger partial charge in [-0.1, -0.05) is 42.5 Å². The van der Waals surface area contributed by atoms with Gasteiger partial charge in [-0.2, -0.15) is 0 Å². The molecule has 1 fully saturated rings. The standard InChI is InChI=1S/C18H22N2O3/c21-17(20-10-4-7-16(20)18(22)23)13-19-11-8-15(9-12-19)14-5-2-1-3-6-14/h1-7,15-16H,8-13H2,(H,22,23)/t16-/m1/s1. The number of carboxylic acids is 1. The maximum atomic E-state index is 12.4. The molecular weight excluding hydrogens is 292 g/mol. The molecule has 0 unspecified atom stereocenters. The van der Waals surface area contributed by atoms with Crippen molar-refractivity contribution in [2.75, 3.05) is 26.2 Å². The van der Waals surface area contributed by atoms with E-state index in [9.17, 15) is 9.59 Å². The van der Waals surface area contributed by atoms with Crippen molar-refractivity contribution >= 4 is 11.9 Å². The van der Waals surface area contributed by atoms with E-state index in [4.69, 9.17) is 5.11 Å². The summed E-state index contributed by atoms with van der Waals surface area (Å²) in [4.78, 5) is 27.1. The summed E-state index contributed by atoms with van der Waals surface area (Å²) in [5.41, 5.74) is 1.37. The van der Waals surface area contributed by atoms with E-state index in [2.05, 4.69) is 29.2 Å². The minimum atomic E-state index is -0.963. The van der Waals surface area contributed by atoms with Gasteiger partial charge in [-0.3, -0.25) is 9.69 Å². The Balaban J connectivity index is 1.51. The SMILES string of the molecule is O=C(O)[C@H]1C=CCN1C(=O)CN1CCC(c2ccccc2)CC1. The monoisotopic (exact) mass is 314 g/mol. The molecule has 1 N–H and O–H groups in total. The van der Waals surface area contributed by atoms with Crippen molar-refractivity contribution in [1.82, 2.24) is 9.80 Å². The highest BCUT2D eigenvalue weighted by molar-refractivity contribution is 5.87. The van der Waals surface area contributed by atoms with Crippen LogP contribution in [-0.4, -0.2) is 59.0 Å². The molecule has 1 saturated heterocycles. The van der Waals surface area contributed by atoms with Crippen molar-refractivity contribution in [3.63, 3.8) is 0 Å². The van der Waals surface area contributed by atoms with E-state index < -0.39 is 12.0 Å². The molecule has 5 heteroatoms. The lowest BCUT2D eigenvalue weighted by Gasteiger charge is -2.33. The zero-order valence-electron chi connectivity index (χ0n) is 13.1. The van der Waals surface area contributed by atoms with Gasteiger partial charge in [0.15, 0.2) is 0 Å². The van der Waals surface area contributed by atoms with Gasteiger partial charge in [-0.25, -0.2) is 4.79 Å². The molecule has 1 atom stereocenters. The molecule has 1 amide bonds. The quantitative estimate of drug-likeness (QED) is 0.860. The topological polar surface area (TPSA) is 60.9 Å². The fourth-order valence-corrected chi connectivity index (χ4v) is 3.43. The number of aliphatic carboxylic acids is 1. The Bertz CT molecular complexity index is 592. The van der Waals surface area contributed by atoms with Crippen LogP contribution in [0.1, 0.15) is 24.3 Å². The Morgan fingerprint density at radius 2 is 1.83 bits per heavy atom. The maximum absolute atomic E-state index is 12.4. The molecular formula is C18H22N2O3. The first-order valence-corrected chi connectivity index (χ1v) is 8.11. The number of benzene rings is 1. The molecule has 1 aromatic carbocycles. The molecule has 2 heterocycles. The van der Waals surface area contributed by atoms with Gasteiger partial charge in [0.25, 0.3) is 0 Å². The van der Waals surface area contributed by atoms with Crippen molar-refractivity contribution in [3.05, 3.63) is 48.0 Å². The van der Waals surface area contributed by atoms with Crippen LogP contribution in [0.25, 0.3) is 0 Å². The molecule has 122 valence electrons. The van der Waals surface area contributed by atoms with Crippen LogP contribution in [0.5, 0.6) is 0 Å². The van der Waals surface area contributed by atoms with Crippen LogP contribution in [-0.2, 0) is 9.59 Å². The van der Waals surface area contributed by atoms with E-state index in [0.717, 1.165) is 25.9 Å². The third-order valence-electron chi connectivity index (χ3n) is 4.75. The summed E-state index contributed by atoms with van der Waals surface area (Å²) in [6, 6.07) is 9.69. The van der Waals surface area contributed by atoms with E-state index in [1.807, 2.05) is 6.07 Å². The fraction of sp³-hybridized carbons (Fsp3) is 0.444. The lowest BCUT2D eigenvalue weighted by atomic mass is 9.89. The van der Waals surface area contributed by atoms with Gasteiger partial charge in [0.2, 0.25) is 5.91 Å². The van der Waals surface area contributed by atoms with Crippen LogP contribution in [0.2, 0.25) is 0 Å². The summed E-state index contributed by atoms with van der Waals surface area (Å²) >= 11 is 0. The van der Waals surface area contributed by atoms with Gasteiger partial charge in [0.05, 0.1) is 6.54 Å². The molecule has 0 aliphatic carbocycles. The van der Waals surface area contributed by atoms with Crippen LogP contribution < -0.4 is 0 Å². The zero-order valence-corrected chi connectivity index (χ0v) is 13.1. The maximum Gasteiger partial charge on any atom is 0.330 e. The first-order chi connectivity index (χ1) is 11.1. The fourth-order valence-electron chi connectivity index (χ4n) is 3.43. The number of likely N-dealkylation sites (tertiary alicyclic amines) is 1. The molecule has 2 aliphatic rings. The number of carboxylic acid groups (broad SMARTS) is 1. The molecule has 3 rings (SSSR count). The van der Waals surface area contributed by atoms with Crippen molar-refractivity contribution < 1.29 is 14.7 Å². The van der Waals surface area contributed by atoms with E-state index in [0.29, 0.717) is 19.0 Å². The summed E-state index contributed by atoms with van der Waals surface area (Å²) in [5.74, 6) is -0.502. The highest BCUT2D eigenvalue weighted by Gasteiger charge is 2.31. The summed E-state index contributed by atoms with van der Waals surface area (Å²) in [6.45, 7) is 2.47. The first-order valence-electron chi connectivity index (χ1n) is 8.11. The van der Waals surface area contributed by atoms with E-state index in [-0.39, 0.29) is 5.91 Å². The smallest absolute Gasteiger partial charge is 0.330 e. The second kappa shape index (κ2) is 6.96. The molecule has 0 radical (unpaired) electrons. The van der Waals surface area contributed by atoms with Gasteiger partial charge in [0.1, 0.15) is 6.04 Å². The van der Waals surface area contributed by atoms with Crippen LogP contribution >= 0.6 is 0 Å². The molecule has 5 nitrogen and oxygen atoms in total. The Hall–Kier alpha value is -2.14. The zero-order chi connectivity index (χ0) is 16.2. The average molecular weight is 314 g/mol. The van der Waals surface area contributed by atoms with Crippen molar-refractivity contribution in [2.45, 2.75) is 24.8 Å². The third kappa shape index (κ3) is 3.62. The lowest BCUT2D eigenvalue weighted by Crippen LogP contribution is -2.47. The van der Waals surface area contributed by atoms with Crippen molar-refractivity contribution in [1.29, 1.82) is 0 Å². The molecule has 1 aromatic rings. The molecule has 0 spiro atoms. The molecule has 0 saturated carbocycles. The minimum absolute atomic E-state index is 0.0967. The first kappa shape index (κ1) is 15.7. The van der Waals surface area contributed by atoms with Gasteiger partial charge < -0.3 is 10.0 Å². The van der Waals surface area contributed by atoms with Crippen LogP contribution in [0.3, 0.4) is 0 Å². The Morgan fingerprint density at radius 3 is 2.48 bits per heavy atom. The largest absolute Gasteiger partial charge is 0.479 e. The van der Waals surface area contributed by atoms with E-state index in [1.165, 1.54) is 10.5 Å². The molecule has 0 bridgehead atoms. The van der Waals surface area contributed by atoms with Crippen LogP contribution in [0, 0.1) is 0 Å². The Morgan fingerprint density at radius 1 is 1.13 bits per heavy atom. The number of amides is 1. The number of carbonyl (C=O) groups excluding carboxylic acids is 1. The number of hydrogen-bond donors (Lipinski definition) is 1. The van der Waals surface area contributed by atoms with E-state index in [1.54, 1.807) is 12.2 Å². The highest BCUT2D eigenvalue weighted by Crippen LogP contribution is 2.27. The normalized spacial score (nSPS) is 22.4. The highest BCUT2D eigenvalue weighted by atomic mass is 16.4. The number of piperidine rings is 1. The van der Waals surface area contributed by atoms with Crippen LogP contribution in [0.4, 0.5) is 0 Å². The lowest BCUT2D eigenvalue weighted by molar-refractivity contribution is -0.147. The van der Waals surface area contributed by atoms with E-state index >= 15 is 0 Å². The third-order valence-corrected chi connectivity index (χ3v) is 4.75. The number of hydrogen-bond acceptors (Lipinski definition) is 3. The predicted octanol–water partition coefficient (Wildman–Crippen LogP) is 1.72. The summed E-state index contributed by atoms with van der Waals surface area (Å²) in [6.07, 6.45) is 5.41. The summed E-state index contributed by atoms with van der Waals surface area (Å²) in [5, 5.41) is 9.14. The van der Waals surface area contributed by atoms with Gasteiger partial charge in [-0.15, -0.1) is 0 Å². The van der Waals surface area contributed by atoms with Crippen LogP contribution in [0.15, 0.2) is 42.5 Å². The molecule has 2 aliphatic heterocycles. The van der Waals surface area contributed by atoms with Gasteiger partial charge >= 0.3 is 5.97 Å². The number of nitrogens with zero attached hydrogens (tertiary/aromatic N) is 2. The molecule has 23 heavy (non-hydrogen) atoms. The minimum Gasteiger partial charge on any atom is -0.479 e. The predicted molar refractivity (Wildman–Crippen MR) is 87.1 cm³/mol. The Kier molecular flexibility index (Phi) is 4.76.